The number of nitrogens with one attached hydrogen (secondary N) is 1. The molecule has 0 saturated carbocycles. The third kappa shape index (κ3) is 3.29. The van der Waals surface area contributed by atoms with Gasteiger partial charge >= 0.3 is 0 Å². The SMILES string of the molecule is NCc1cccc(CNC(=O)c2cccnc2N)c1. The van der Waals surface area contributed by atoms with Crippen molar-refractivity contribution in [2.45, 2.75) is 13.1 Å². The summed E-state index contributed by atoms with van der Waals surface area (Å²) in [6.07, 6.45) is 1.55. The van der Waals surface area contributed by atoms with Crippen molar-refractivity contribution in [1.29, 1.82) is 0 Å². The summed E-state index contributed by atoms with van der Waals surface area (Å²) in [6, 6.07) is 11.1. The maximum atomic E-state index is 11.9. The van der Waals surface area contributed by atoms with E-state index in [0.29, 0.717) is 18.7 Å². The van der Waals surface area contributed by atoms with Gasteiger partial charge in [0.25, 0.3) is 5.91 Å². The number of pyridine rings is 1. The Morgan fingerprint density at radius 1 is 1.21 bits per heavy atom. The standard InChI is InChI=1S/C14H16N4O/c15-8-10-3-1-4-11(7-10)9-18-14(19)12-5-2-6-17-13(12)16/h1-7H,8-9,15H2,(H2,16,17)(H,18,19). The van der Waals surface area contributed by atoms with Crippen LogP contribution < -0.4 is 16.8 Å². The van der Waals surface area contributed by atoms with Gasteiger partial charge < -0.3 is 16.8 Å². The fourth-order valence-corrected chi connectivity index (χ4v) is 1.75. The number of nitrogens with two attached hydrogens (primary N) is 2. The molecule has 5 N–H and O–H groups in total. The van der Waals surface area contributed by atoms with Gasteiger partial charge in [-0.05, 0) is 23.3 Å². The zero-order chi connectivity index (χ0) is 13.7. The summed E-state index contributed by atoms with van der Waals surface area (Å²) in [7, 11) is 0. The largest absolute Gasteiger partial charge is 0.383 e. The number of carbonyl (C=O) groups is 1. The number of amides is 1. The molecule has 0 saturated heterocycles. The molecule has 2 aromatic rings. The number of carbonyl (C=O) groups excluding carboxylic acids is 1. The smallest absolute Gasteiger partial charge is 0.255 e. The molecule has 0 unspecified atom stereocenters. The van der Waals surface area contributed by atoms with Gasteiger partial charge in [0, 0.05) is 19.3 Å². The van der Waals surface area contributed by atoms with Gasteiger partial charge in [-0.25, -0.2) is 4.98 Å². The minimum absolute atomic E-state index is 0.232. The number of benzene rings is 1. The van der Waals surface area contributed by atoms with Crippen LogP contribution in [0.25, 0.3) is 0 Å². The fourth-order valence-electron chi connectivity index (χ4n) is 1.75. The van der Waals surface area contributed by atoms with Crippen LogP contribution >= 0.6 is 0 Å². The van der Waals surface area contributed by atoms with Crippen molar-refractivity contribution in [3.8, 4) is 0 Å². The normalized spacial score (nSPS) is 10.2. The van der Waals surface area contributed by atoms with E-state index >= 15 is 0 Å². The van der Waals surface area contributed by atoms with E-state index in [0.717, 1.165) is 11.1 Å². The summed E-state index contributed by atoms with van der Waals surface area (Å²) < 4.78 is 0. The van der Waals surface area contributed by atoms with E-state index in [2.05, 4.69) is 10.3 Å². The van der Waals surface area contributed by atoms with E-state index in [4.69, 9.17) is 11.5 Å². The first kappa shape index (κ1) is 13.0. The molecule has 1 heterocycles. The van der Waals surface area contributed by atoms with Crippen LogP contribution in [0.1, 0.15) is 21.5 Å². The molecule has 1 aromatic carbocycles. The Balaban J connectivity index is 2.02. The molecule has 0 aliphatic rings. The monoisotopic (exact) mass is 256 g/mol. The first-order valence-electron chi connectivity index (χ1n) is 5.97. The number of anilines is 1. The fraction of sp³-hybridized carbons (Fsp3) is 0.143. The summed E-state index contributed by atoms with van der Waals surface area (Å²) in [6.45, 7) is 0.915. The Kier molecular flexibility index (Phi) is 4.10. The number of aromatic nitrogens is 1. The average Bonchev–Trinajstić information content (AvgIpc) is 2.45. The molecule has 0 spiro atoms. The molecule has 0 bridgehead atoms. The Labute approximate surface area is 111 Å². The van der Waals surface area contributed by atoms with Crippen LogP contribution in [-0.4, -0.2) is 10.9 Å². The lowest BCUT2D eigenvalue weighted by Gasteiger charge is -2.07. The van der Waals surface area contributed by atoms with E-state index in [9.17, 15) is 4.79 Å². The van der Waals surface area contributed by atoms with E-state index in [1.54, 1.807) is 18.3 Å². The van der Waals surface area contributed by atoms with Gasteiger partial charge in [-0.15, -0.1) is 0 Å². The highest BCUT2D eigenvalue weighted by Crippen LogP contribution is 2.08. The van der Waals surface area contributed by atoms with Crippen LogP contribution in [0.4, 0.5) is 5.82 Å². The van der Waals surface area contributed by atoms with Gasteiger partial charge in [0.1, 0.15) is 5.82 Å². The van der Waals surface area contributed by atoms with Gasteiger partial charge in [0.15, 0.2) is 0 Å². The van der Waals surface area contributed by atoms with Gasteiger partial charge in [-0.3, -0.25) is 4.79 Å². The maximum Gasteiger partial charge on any atom is 0.255 e. The summed E-state index contributed by atoms with van der Waals surface area (Å²) in [5, 5.41) is 2.81. The number of nitrogen functional groups attached to an aromatic ring is 1. The van der Waals surface area contributed by atoms with Gasteiger partial charge in [0.05, 0.1) is 5.56 Å². The van der Waals surface area contributed by atoms with Crippen molar-refractivity contribution in [1.82, 2.24) is 10.3 Å². The molecule has 19 heavy (non-hydrogen) atoms. The molecule has 1 aromatic heterocycles. The van der Waals surface area contributed by atoms with Crippen LogP contribution in [0.2, 0.25) is 0 Å². The van der Waals surface area contributed by atoms with Crippen molar-refractivity contribution < 1.29 is 4.79 Å². The van der Waals surface area contributed by atoms with Gasteiger partial charge in [-0.1, -0.05) is 24.3 Å². The first-order valence-corrected chi connectivity index (χ1v) is 5.97. The zero-order valence-electron chi connectivity index (χ0n) is 10.5. The van der Waals surface area contributed by atoms with Crippen molar-refractivity contribution in [3.05, 3.63) is 59.3 Å². The molecule has 0 fully saturated rings. The first-order chi connectivity index (χ1) is 9.20. The van der Waals surface area contributed by atoms with Crippen molar-refractivity contribution in [3.63, 3.8) is 0 Å². The molecular formula is C14H16N4O. The molecule has 0 aliphatic carbocycles. The summed E-state index contributed by atoms with van der Waals surface area (Å²) in [5.41, 5.74) is 13.6. The minimum Gasteiger partial charge on any atom is -0.383 e. The Bertz CT molecular complexity index is 583. The summed E-state index contributed by atoms with van der Waals surface area (Å²) in [4.78, 5) is 15.8. The van der Waals surface area contributed by atoms with Crippen LogP contribution in [0.15, 0.2) is 42.6 Å². The summed E-state index contributed by atoms with van der Waals surface area (Å²) >= 11 is 0. The predicted octanol–water partition coefficient (Wildman–Crippen LogP) is 1.05. The van der Waals surface area contributed by atoms with E-state index in [1.807, 2.05) is 24.3 Å². The number of hydrogen-bond donors (Lipinski definition) is 3. The Morgan fingerprint density at radius 3 is 2.74 bits per heavy atom. The predicted molar refractivity (Wildman–Crippen MR) is 74.2 cm³/mol. The van der Waals surface area contributed by atoms with Gasteiger partial charge in [0.2, 0.25) is 0 Å². The molecule has 0 radical (unpaired) electrons. The average molecular weight is 256 g/mol. The molecular weight excluding hydrogens is 240 g/mol. The lowest BCUT2D eigenvalue weighted by atomic mass is 10.1. The molecule has 2 rings (SSSR count). The Morgan fingerprint density at radius 2 is 2.00 bits per heavy atom. The maximum absolute atomic E-state index is 11.9. The van der Waals surface area contributed by atoms with Crippen LogP contribution in [0.3, 0.4) is 0 Å². The van der Waals surface area contributed by atoms with Crippen molar-refractivity contribution in [2.24, 2.45) is 5.73 Å². The molecule has 0 atom stereocenters. The van der Waals surface area contributed by atoms with Crippen LogP contribution in [0.5, 0.6) is 0 Å². The van der Waals surface area contributed by atoms with E-state index in [-0.39, 0.29) is 11.7 Å². The van der Waals surface area contributed by atoms with Crippen molar-refractivity contribution >= 4 is 11.7 Å². The van der Waals surface area contributed by atoms with Crippen LogP contribution in [0, 0.1) is 0 Å². The molecule has 1 amide bonds. The van der Waals surface area contributed by atoms with Gasteiger partial charge in [-0.2, -0.15) is 0 Å². The molecule has 98 valence electrons. The highest BCUT2D eigenvalue weighted by molar-refractivity contribution is 5.98. The number of hydrogen-bond acceptors (Lipinski definition) is 4. The lowest BCUT2D eigenvalue weighted by molar-refractivity contribution is 0.0951. The second-order valence-corrected chi connectivity index (χ2v) is 4.14. The topological polar surface area (TPSA) is 94.0 Å². The highest BCUT2D eigenvalue weighted by Gasteiger charge is 2.09. The number of nitrogens with zero attached hydrogens (tertiary/aromatic N) is 1. The third-order valence-corrected chi connectivity index (χ3v) is 2.76. The molecule has 5 heteroatoms. The quantitative estimate of drug-likeness (QED) is 0.762. The second-order valence-electron chi connectivity index (χ2n) is 4.14. The highest BCUT2D eigenvalue weighted by atomic mass is 16.1. The van der Waals surface area contributed by atoms with E-state index < -0.39 is 0 Å². The summed E-state index contributed by atoms with van der Waals surface area (Å²) in [5.74, 6) is -0.000500. The third-order valence-electron chi connectivity index (χ3n) is 2.76. The minimum atomic E-state index is -0.233. The van der Waals surface area contributed by atoms with Crippen molar-refractivity contribution in [2.75, 3.05) is 5.73 Å². The van der Waals surface area contributed by atoms with Crippen LogP contribution in [-0.2, 0) is 13.1 Å². The lowest BCUT2D eigenvalue weighted by Crippen LogP contribution is -2.24. The second kappa shape index (κ2) is 5.97. The Hall–Kier alpha value is -2.40. The number of rotatable bonds is 4. The van der Waals surface area contributed by atoms with E-state index in [1.165, 1.54) is 0 Å². The zero-order valence-corrected chi connectivity index (χ0v) is 10.5. The molecule has 0 aliphatic heterocycles. The molecule has 5 nitrogen and oxygen atoms in total.